The maximum atomic E-state index is 11.9. The van der Waals surface area contributed by atoms with Gasteiger partial charge in [-0.1, -0.05) is 6.07 Å². The van der Waals surface area contributed by atoms with Crippen molar-refractivity contribution in [1.82, 2.24) is 10.3 Å². The summed E-state index contributed by atoms with van der Waals surface area (Å²) < 4.78 is 0. The van der Waals surface area contributed by atoms with Crippen molar-refractivity contribution in [3.63, 3.8) is 0 Å². The summed E-state index contributed by atoms with van der Waals surface area (Å²) in [5.41, 5.74) is 2.02. The number of aromatic nitrogens is 1. The molecule has 0 atom stereocenters. The third-order valence-electron chi connectivity index (χ3n) is 3.20. The molecule has 0 fully saturated rings. The lowest BCUT2D eigenvalue weighted by Crippen LogP contribution is -2.33. The minimum atomic E-state index is -0.401. The van der Waals surface area contributed by atoms with Gasteiger partial charge in [0.05, 0.1) is 18.5 Å². The number of rotatable bonds is 6. The molecule has 0 saturated carbocycles. The molecule has 0 unspecified atom stereocenters. The zero-order chi connectivity index (χ0) is 18.9. The Kier molecular flexibility index (Phi) is 6.40. The lowest BCUT2D eigenvalue weighted by atomic mass is 10.1. The molecular weight excluding hydrogens is 334 g/mol. The average molecular weight is 351 g/mol. The van der Waals surface area contributed by atoms with Crippen LogP contribution < -0.4 is 16.0 Å². The molecule has 2 aromatic rings. The van der Waals surface area contributed by atoms with Crippen molar-refractivity contribution in [3.05, 3.63) is 53.9 Å². The summed E-state index contributed by atoms with van der Waals surface area (Å²) in [6.07, 6.45) is 2.92. The Labute approximate surface area is 150 Å². The van der Waals surface area contributed by atoms with Crippen LogP contribution in [0.4, 0.5) is 11.4 Å². The number of nitrogens with zero attached hydrogens (tertiary/aromatic N) is 2. The fourth-order valence-electron chi connectivity index (χ4n) is 2.16. The Hall–Kier alpha value is -3.73. The number of hydrogen-bond acceptors (Lipinski definition) is 5. The van der Waals surface area contributed by atoms with Gasteiger partial charge in [0.1, 0.15) is 6.07 Å². The quantitative estimate of drug-likeness (QED) is 0.721. The van der Waals surface area contributed by atoms with Crippen LogP contribution in [-0.2, 0) is 20.8 Å². The highest BCUT2D eigenvalue weighted by Gasteiger charge is 2.08. The van der Waals surface area contributed by atoms with Crippen LogP contribution in [-0.4, -0.2) is 29.3 Å². The van der Waals surface area contributed by atoms with Gasteiger partial charge in [0, 0.05) is 30.7 Å². The topological polar surface area (TPSA) is 124 Å². The van der Waals surface area contributed by atoms with Crippen molar-refractivity contribution in [2.24, 2.45) is 0 Å². The van der Waals surface area contributed by atoms with Crippen LogP contribution in [0.2, 0.25) is 0 Å². The van der Waals surface area contributed by atoms with Gasteiger partial charge in [-0.05, 0) is 29.8 Å². The number of amides is 3. The summed E-state index contributed by atoms with van der Waals surface area (Å²) in [6.45, 7) is 1.19. The second kappa shape index (κ2) is 8.94. The number of nitrogens with one attached hydrogen (secondary N) is 3. The van der Waals surface area contributed by atoms with Crippen molar-refractivity contribution in [2.45, 2.75) is 13.3 Å². The molecule has 0 aliphatic carbocycles. The van der Waals surface area contributed by atoms with E-state index in [0.29, 0.717) is 22.5 Å². The molecule has 26 heavy (non-hydrogen) atoms. The van der Waals surface area contributed by atoms with Crippen LogP contribution >= 0.6 is 0 Å². The van der Waals surface area contributed by atoms with Crippen molar-refractivity contribution >= 4 is 29.1 Å². The summed E-state index contributed by atoms with van der Waals surface area (Å²) in [5, 5.41) is 16.6. The fraction of sp³-hybridized carbons (Fsp3) is 0.167. The van der Waals surface area contributed by atoms with Gasteiger partial charge in [-0.25, -0.2) is 0 Å². The number of carbonyl (C=O) groups is 3. The van der Waals surface area contributed by atoms with Gasteiger partial charge >= 0.3 is 0 Å². The first-order valence-corrected chi connectivity index (χ1v) is 7.74. The number of benzene rings is 1. The highest BCUT2D eigenvalue weighted by Crippen LogP contribution is 2.14. The Morgan fingerprint density at radius 1 is 1.08 bits per heavy atom. The predicted molar refractivity (Wildman–Crippen MR) is 95.0 cm³/mol. The summed E-state index contributed by atoms with van der Waals surface area (Å²) >= 11 is 0. The number of hydrogen-bond donors (Lipinski definition) is 3. The molecule has 0 bridgehead atoms. The first kappa shape index (κ1) is 18.6. The highest BCUT2D eigenvalue weighted by molar-refractivity contribution is 5.96. The van der Waals surface area contributed by atoms with Crippen LogP contribution in [0.1, 0.15) is 18.1 Å². The van der Waals surface area contributed by atoms with E-state index < -0.39 is 5.91 Å². The summed E-state index contributed by atoms with van der Waals surface area (Å²) in [7, 11) is 0. The summed E-state index contributed by atoms with van der Waals surface area (Å²) in [5.74, 6) is -0.970. The van der Waals surface area contributed by atoms with Crippen LogP contribution in [0.25, 0.3) is 0 Å². The Bertz CT molecular complexity index is 873. The van der Waals surface area contributed by atoms with E-state index in [1.165, 1.54) is 19.3 Å². The molecule has 1 aromatic heterocycles. The predicted octanol–water partition coefficient (Wildman–Crippen LogP) is 1.21. The van der Waals surface area contributed by atoms with Gasteiger partial charge in [-0.3, -0.25) is 19.4 Å². The molecule has 8 nitrogen and oxygen atoms in total. The monoisotopic (exact) mass is 351 g/mol. The second-order valence-corrected chi connectivity index (χ2v) is 5.46. The second-order valence-electron chi connectivity index (χ2n) is 5.46. The number of nitriles is 1. The number of anilines is 2. The molecule has 2 rings (SSSR count). The van der Waals surface area contributed by atoms with E-state index in [1.54, 1.807) is 30.3 Å². The molecular formula is C18H17N5O3. The number of pyridine rings is 1. The molecule has 0 saturated heterocycles. The van der Waals surface area contributed by atoms with Crippen LogP contribution in [0.3, 0.4) is 0 Å². The van der Waals surface area contributed by atoms with Crippen LogP contribution in [0, 0.1) is 11.3 Å². The molecule has 0 spiro atoms. The average Bonchev–Trinajstić information content (AvgIpc) is 2.60. The normalized spacial score (nSPS) is 9.69. The highest BCUT2D eigenvalue weighted by atomic mass is 16.2. The van der Waals surface area contributed by atoms with E-state index in [2.05, 4.69) is 20.9 Å². The largest absolute Gasteiger partial charge is 0.347 e. The third kappa shape index (κ3) is 6.05. The van der Waals surface area contributed by atoms with E-state index in [9.17, 15) is 14.4 Å². The van der Waals surface area contributed by atoms with Gasteiger partial charge < -0.3 is 16.0 Å². The summed E-state index contributed by atoms with van der Waals surface area (Å²) in [4.78, 5) is 38.8. The maximum absolute atomic E-state index is 11.9. The molecule has 3 N–H and O–H groups in total. The van der Waals surface area contributed by atoms with E-state index in [4.69, 9.17) is 5.26 Å². The van der Waals surface area contributed by atoms with E-state index in [1.807, 2.05) is 6.07 Å². The zero-order valence-electron chi connectivity index (χ0n) is 14.1. The standard InChI is InChI=1S/C18H17N5O3/c1-12(24)22-15-3-2-4-16(7-15)23-18(26)11-21-17(25)6-13-5-14(8-19)10-20-9-13/h2-5,7,9-10H,6,11H2,1H3,(H,21,25)(H,22,24)(H,23,26). The Morgan fingerprint density at radius 3 is 2.50 bits per heavy atom. The smallest absolute Gasteiger partial charge is 0.243 e. The molecule has 132 valence electrons. The molecule has 0 aliphatic heterocycles. The summed E-state index contributed by atoms with van der Waals surface area (Å²) in [6, 6.07) is 10.2. The van der Waals surface area contributed by atoms with Gasteiger partial charge in [0.2, 0.25) is 17.7 Å². The van der Waals surface area contributed by atoms with Crippen molar-refractivity contribution in [1.29, 1.82) is 5.26 Å². The molecule has 1 aromatic carbocycles. The molecule has 0 aliphatic rings. The first-order valence-electron chi connectivity index (χ1n) is 7.74. The zero-order valence-corrected chi connectivity index (χ0v) is 14.1. The van der Waals surface area contributed by atoms with Gasteiger partial charge in [-0.15, -0.1) is 0 Å². The lowest BCUT2D eigenvalue weighted by Gasteiger charge is -2.09. The fourth-order valence-corrected chi connectivity index (χ4v) is 2.16. The van der Waals surface area contributed by atoms with E-state index in [0.717, 1.165) is 0 Å². The van der Waals surface area contributed by atoms with Gasteiger partial charge in [0.15, 0.2) is 0 Å². The first-order chi connectivity index (χ1) is 12.5. The third-order valence-corrected chi connectivity index (χ3v) is 3.20. The van der Waals surface area contributed by atoms with E-state index in [-0.39, 0.29) is 24.8 Å². The molecule has 3 amide bonds. The SMILES string of the molecule is CC(=O)Nc1cccc(NC(=O)CNC(=O)Cc2cncc(C#N)c2)c1. The maximum Gasteiger partial charge on any atom is 0.243 e. The van der Waals surface area contributed by atoms with Gasteiger partial charge in [-0.2, -0.15) is 5.26 Å². The Morgan fingerprint density at radius 2 is 1.81 bits per heavy atom. The number of carbonyl (C=O) groups excluding carboxylic acids is 3. The minimum absolute atomic E-state index is 0.0216. The van der Waals surface area contributed by atoms with Gasteiger partial charge in [0.25, 0.3) is 0 Å². The molecule has 1 heterocycles. The van der Waals surface area contributed by atoms with Crippen LogP contribution in [0.5, 0.6) is 0 Å². The van der Waals surface area contributed by atoms with Crippen LogP contribution in [0.15, 0.2) is 42.7 Å². The molecule has 0 radical (unpaired) electrons. The molecule has 8 heteroatoms. The van der Waals surface area contributed by atoms with E-state index >= 15 is 0 Å². The Balaban J connectivity index is 1.83. The lowest BCUT2D eigenvalue weighted by molar-refractivity contribution is -0.123. The minimum Gasteiger partial charge on any atom is -0.347 e. The van der Waals surface area contributed by atoms with Crippen molar-refractivity contribution in [2.75, 3.05) is 17.2 Å². The van der Waals surface area contributed by atoms with Crippen molar-refractivity contribution in [3.8, 4) is 6.07 Å². The van der Waals surface area contributed by atoms with Crippen molar-refractivity contribution < 1.29 is 14.4 Å².